The molecule has 2 N–H and O–H groups in total. The molecule has 0 saturated carbocycles. The molecule has 0 radical (unpaired) electrons. The van der Waals surface area contributed by atoms with Gasteiger partial charge in [-0.05, 0) is 42.7 Å². The maximum Gasteiger partial charge on any atom is 0.148 e. The van der Waals surface area contributed by atoms with Crippen LogP contribution < -0.4 is 10.5 Å². The molecule has 0 spiro atoms. The van der Waals surface area contributed by atoms with E-state index >= 15 is 0 Å². The quantitative estimate of drug-likeness (QED) is 0.717. The molecule has 2 aromatic carbocycles. The molecule has 4 heteroatoms. The lowest BCUT2D eigenvalue weighted by Gasteiger charge is -2.14. The number of nitrogens with zero attached hydrogens (tertiary/aromatic N) is 2. The molecule has 3 aromatic rings. The number of benzene rings is 2. The van der Waals surface area contributed by atoms with Gasteiger partial charge in [0, 0.05) is 12.6 Å². The van der Waals surface area contributed by atoms with Crippen LogP contribution in [0.3, 0.4) is 0 Å². The number of aryl methyl sites for hydroxylation is 1. The van der Waals surface area contributed by atoms with Crippen LogP contribution in [-0.2, 0) is 19.6 Å². The van der Waals surface area contributed by atoms with Crippen molar-refractivity contribution in [2.45, 2.75) is 45.9 Å². The number of nitrogens with two attached hydrogens (primary N) is 1. The van der Waals surface area contributed by atoms with Crippen molar-refractivity contribution in [3.63, 3.8) is 0 Å². The van der Waals surface area contributed by atoms with Crippen molar-refractivity contribution < 1.29 is 4.74 Å². The van der Waals surface area contributed by atoms with E-state index < -0.39 is 0 Å². The molecule has 0 fully saturated rings. The molecule has 1 heterocycles. The average Bonchev–Trinajstić information content (AvgIpc) is 2.97. The van der Waals surface area contributed by atoms with E-state index in [0.717, 1.165) is 42.0 Å². The summed E-state index contributed by atoms with van der Waals surface area (Å²) in [5.74, 6) is 1.80. The first-order chi connectivity index (χ1) is 11.7. The highest BCUT2D eigenvalue weighted by molar-refractivity contribution is 5.75. The smallest absolute Gasteiger partial charge is 0.148 e. The number of hydrogen-bond donors (Lipinski definition) is 1. The van der Waals surface area contributed by atoms with Gasteiger partial charge in [-0.15, -0.1) is 0 Å². The summed E-state index contributed by atoms with van der Waals surface area (Å²) in [7, 11) is 0. The highest BCUT2D eigenvalue weighted by Gasteiger charge is 2.13. The second kappa shape index (κ2) is 7.49. The van der Waals surface area contributed by atoms with Crippen LogP contribution in [0.5, 0.6) is 5.75 Å². The standard InChI is InChI=1S/C20H25N3O/c1-3-15-8-7-9-17(12-15)24-14-20-22-18-10-5-6-11-19(18)23(20)13-16(21)4-2/h5-12,16H,3-4,13-14,21H2,1-2H3. The van der Waals surface area contributed by atoms with Crippen LogP contribution in [0, 0.1) is 0 Å². The van der Waals surface area contributed by atoms with Crippen LogP contribution in [0.1, 0.15) is 31.7 Å². The van der Waals surface area contributed by atoms with Gasteiger partial charge >= 0.3 is 0 Å². The molecular weight excluding hydrogens is 298 g/mol. The SMILES string of the molecule is CCc1cccc(OCc2nc3ccccc3n2CC(N)CC)c1. The fourth-order valence-corrected chi connectivity index (χ4v) is 2.81. The van der Waals surface area contributed by atoms with E-state index in [-0.39, 0.29) is 6.04 Å². The molecule has 0 aliphatic rings. The van der Waals surface area contributed by atoms with Gasteiger partial charge in [0.1, 0.15) is 18.2 Å². The minimum atomic E-state index is 0.116. The van der Waals surface area contributed by atoms with E-state index in [2.05, 4.69) is 36.6 Å². The van der Waals surface area contributed by atoms with E-state index in [0.29, 0.717) is 6.61 Å². The van der Waals surface area contributed by atoms with Gasteiger partial charge in [0.25, 0.3) is 0 Å². The van der Waals surface area contributed by atoms with Gasteiger partial charge in [0.2, 0.25) is 0 Å². The normalized spacial score (nSPS) is 12.5. The Balaban J connectivity index is 1.86. The van der Waals surface area contributed by atoms with Crippen molar-refractivity contribution in [2.24, 2.45) is 5.73 Å². The number of para-hydroxylation sites is 2. The highest BCUT2D eigenvalue weighted by Crippen LogP contribution is 2.20. The Labute approximate surface area is 143 Å². The number of aromatic nitrogens is 2. The molecule has 3 rings (SSSR count). The number of rotatable bonds is 7. The van der Waals surface area contributed by atoms with Crippen molar-refractivity contribution >= 4 is 11.0 Å². The zero-order valence-electron chi connectivity index (χ0n) is 14.4. The fraction of sp³-hybridized carbons (Fsp3) is 0.350. The number of ether oxygens (including phenoxy) is 1. The first kappa shape index (κ1) is 16.5. The summed E-state index contributed by atoms with van der Waals surface area (Å²) in [5.41, 5.74) is 9.55. The largest absolute Gasteiger partial charge is 0.486 e. The van der Waals surface area contributed by atoms with Gasteiger partial charge in [-0.3, -0.25) is 0 Å². The van der Waals surface area contributed by atoms with Crippen molar-refractivity contribution in [2.75, 3.05) is 0 Å². The van der Waals surface area contributed by atoms with Gasteiger partial charge in [-0.25, -0.2) is 4.98 Å². The maximum atomic E-state index is 6.18. The molecule has 0 bridgehead atoms. The van der Waals surface area contributed by atoms with Crippen molar-refractivity contribution in [3.8, 4) is 5.75 Å². The summed E-state index contributed by atoms with van der Waals surface area (Å²) in [6.45, 7) is 5.45. The molecule has 24 heavy (non-hydrogen) atoms. The Morgan fingerprint density at radius 1 is 1.12 bits per heavy atom. The second-order valence-corrected chi connectivity index (χ2v) is 6.09. The third kappa shape index (κ3) is 3.60. The van der Waals surface area contributed by atoms with Crippen molar-refractivity contribution in [3.05, 3.63) is 59.9 Å². The summed E-state index contributed by atoms with van der Waals surface area (Å²) < 4.78 is 8.18. The lowest BCUT2D eigenvalue weighted by atomic mass is 10.2. The number of fused-ring (bicyclic) bond motifs is 1. The first-order valence-electron chi connectivity index (χ1n) is 8.62. The monoisotopic (exact) mass is 323 g/mol. The van der Waals surface area contributed by atoms with Crippen LogP contribution in [0.2, 0.25) is 0 Å². The Kier molecular flexibility index (Phi) is 5.16. The molecule has 0 amide bonds. The molecule has 1 atom stereocenters. The molecule has 1 unspecified atom stereocenters. The number of imidazole rings is 1. The third-order valence-electron chi connectivity index (χ3n) is 4.35. The zero-order valence-corrected chi connectivity index (χ0v) is 14.4. The topological polar surface area (TPSA) is 53.1 Å². The minimum Gasteiger partial charge on any atom is -0.486 e. The lowest BCUT2D eigenvalue weighted by molar-refractivity contribution is 0.288. The summed E-state index contributed by atoms with van der Waals surface area (Å²) >= 11 is 0. The molecule has 0 saturated heterocycles. The number of hydrogen-bond acceptors (Lipinski definition) is 3. The second-order valence-electron chi connectivity index (χ2n) is 6.09. The lowest BCUT2D eigenvalue weighted by Crippen LogP contribution is -2.26. The van der Waals surface area contributed by atoms with E-state index in [4.69, 9.17) is 15.5 Å². The van der Waals surface area contributed by atoms with Gasteiger partial charge in [0.15, 0.2) is 0 Å². The fourth-order valence-electron chi connectivity index (χ4n) is 2.81. The summed E-state index contributed by atoms with van der Waals surface area (Å²) in [5, 5.41) is 0. The van der Waals surface area contributed by atoms with Crippen LogP contribution >= 0.6 is 0 Å². The Morgan fingerprint density at radius 2 is 1.96 bits per heavy atom. The van der Waals surface area contributed by atoms with Gasteiger partial charge in [-0.1, -0.05) is 38.1 Å². The maximum absolute atomic E-state index is 6.18. The van der Waals surface area contributed by atoms with Crippen LogP contribution in [-0.4, -0.2) is 15.6 Å². The molecule has 126 valence electrons. The molecule has 4 nitrogen and oxygen atoms in total. The van der Waals surface area contributed by atoms with E-state index in [9.17, 15) is 0 Å². The Morgan fingerprint density at radius 3 is 2.75 bits per heavy atom. The minimum absolute atomic E-state index is 0.116. The van der Waals surface area contributed by atoms with Crippen molar-refractivity contribution in [1.29, 1.82) is 0 Å². The predicted molar refractivity (Wildman–Crippen MR) is 98.2 cm³/mol. The predicted octanol–water partition coefficient (Wildman–Crippen LogP) is 3.92. The highest BCUT2D eigenvalue weighted by atomic mass is 16.5. The Hall–Kier alpha value is -2.33. The van der Waals surface area contributed by atoms with Crippen molar-refractivity contribution in [1.82, 2.24) is 9.55 Å². The van der Waals surface area contributed by atoms with E-state index in [1.807, 2.05) is 30.3 Å². The van der Waals surface area contributed by atoms with Gasteiger partial charge < -0.3 is 15.0 Å². The summed E-state index contributed by atoms with van der Waals surface area (Å²) in [6, 6.07) is 16.5. The molecule has 0 aliphatic carbocycles. The average molecular weight is 323 g/mol. The van der Waals surface area contributed by atoms with Crippen LogP contribution in [0.15, 0.2) is 48.5 Å². The van der Waals surface area contributed by atoms with Gasteiger partial charge in [-0.2, -0.15) is 0 Å². The van der Waals surface area contributed by atoms with Gasteiger partial charge in [0.05, 0.1) is 11.0 Å². The first-order valence-corrected chi connectivity index (χ1v) is 8.62. The molecular formula is C20H25N3O. The Bertz CT molecular complexity index is 810. The summed E-state index contributed by atoms with van der Waals surface area (Å²) in [6.07, 6.45) is 1.94. The molecule has 0 aliphatic heterocycles. The van der Waals surface area contributed by atoms with E-state index in [1.54, 1.807) is 0 Å². The van der Waals surface area contributed by atoms with Crippen LogP contribution in [0.4, 0.5) is 0 Å². The zero-order chi connectivity index (χ0) is 16.9. The van der Waals surface area contributed by atoms with E-state index in [1.165, 1.54) is 5.56 Å². The molecule has 1 aromatic heterocycles. The summed E-state index contributed by atoms with van der Waals surface area (Å²) in [4.78, 5) is 4.74. The van der Waals surface area contributed by atoms with Crippen LogP contribution in [0.25, 0.3) is 11.0 Å². The third-order valence-corrected chi connectivity index (χ3v) is 4.35.